The Labute approximate surface area is 84.2 Å². The molecule has 0 bridgehead atoms. The summed E-state index contributed by atoms with van der Waals surface area (Å²) in [6, 6.07) is 8.32. The lowest BCUT2D eigenvalue weighted by Crippen LogP contribution is -2.31. The molecule has 76 valence electrons. The van der Waals surface area contributed by atoms with E-state index in [-0.39, 0.29) is 0 Å². The van der Waals surface area contributed by atoms with E-state index in [1.54, 1.807) is 0 Å². The van der Waals surface area contributed by atoms with Crippen LogP contribution in [0.4, 0.5) is 0 Å². The van der Waals surface area contributed by atoms with Crippen LogP contribution in [0.15, 0.2) is 24.3 Å². The largest absolute Gasteiger partial charge is 0.337 e. The van der Waals surface area contributed by atoms with Crippen LogP contribution in [0.5, 0.6) is 5.75 Å². The van der Waals surface area contributed by atoms with Crippen LogP contribution in [0.25, 0.3) is 0 Å². The highest BCUT2D eigenvalue weighted by atomic mass is 17.2. The first-order chi connectivity index (χ1) is 6.83. The van der Waals surface area contributed by atoms with Crippen molar-refractivity contribution in [2.75, 3.05) is 20.2 Å². The van der Waals surface area contributed by atoms with Crippen LogP contribution in [-0.2, 0) is 4.89 Å². The molecule has 14 heavy (non-hydrogen) atoms. The van der Waals surface area contributed by atoms with E-state index in [0.29, 0.717) is 12.6 Å². The second-order valence-electron chi connectivity index (χ2n) is 3.49. The molecular formula is C11H15NO2. The van der Waals surface area contributed by atoms with Gasteiger partial charge >= 0.3 is 0 Å². The number of rotatable bonds is 2. The van der Waals surface area contributed by atoms with Crippen molar-refractivity contribution in [2.45, 2.75) is 13.0 Å². The normalized spacial score (nSPS) is 20.4. The van der Waals surface area contributed by atoms with Crippen molar-refractivity contribution in [3.8, 4) is 5.75 Å². The minimum absolute atomic E-state index is 0.310. The molecule has 1 heterocycles. The Balaban J connectivity index is 2.30. The third kappa shape index (κ3) is 1.61. The molecule has 3 nitrogen and oxygen atoms in total. The van der Waals surface area contributed by atoms with E-state index < -0.39 is 0 Å². The molecule has 1 aromatic rings. The average Bonchev–Trinajstić information content (AvgIpc) is 2.27. The summed E-state index contributed by atoms with van der Waals surface area (Å²) in [6.07, 6.45) is 0. The molecule has 2 rings (SSSR count). The third-order valence-electron chi connectivity index (χ3n) is 2.68. The van der Waals surface area contributed by atoms with Crippen LogP contribution in [0.3, 0.4) is 0 Å². The fourth-order valence-corrected chi connectivity index (χ4v) is 1.67. The van der Waals surface area contributed by atoms with Crippen molar-refractivity contribution in [1.29, 1.82) is 0 Å². The summed E-state index contributed by atoms with van der Waals surface area (Å²) in [6.45, 7) is 3.74. The van der Waals surface area contributed by atoms with Crippen molar-refractivity contribution < 1.29 is 9.78 Å². The highest BCUT2D eigenvalue weighted by molar-refractivity contribution is 5.36. The number of hydrogen-bond acceptors (Lipinski definition) is 3. The van der Waals surface area contributed by atoms with Crippen LogP contribution in [0, 0.1) is 0 Å². The zero-order valence-electron chi connectivity index (χ0n) is 8.56. The van der Waals surface area contributed by atoms with E-state index in [1.807, 2.05) is 18.2 Å². The van der Waals surface area contributed by atoms with Crippen molar-refractivity contribution in [3.05, 3.63) is 29.8 Å². The lowest BCUT2D eigenvalue weighted by molar-refractivity contribution is -0.230. The molecular weight excluding hydrogens is 178 g/mol. The zero-order valence-corrected chi connectivity index (χ0v) is 8.56. The van der Waals surface area contributed by atoms with Gasteiger partial charge in [0.15, 0.2) is 5.75 Å². The quantitative estimate of drug-likeness (QED) is 0.670. The van der Waals surface area contributed by atoms with E-state index in [0.717, 1.165) is 12.3 Å². The summed E-state index contributed by atoms with van der Waals surface area (Å²) in [5.74, 6) is 0.837. The molecule has 3 heteroatoms. The summed E-state index contributed by atoms with van der Waals surface area (Å²) >= 11 is 0. The predicted molar refractivity (Wildman–Crippen MR) is 54.1 cm³/mol. The molecule has 1 atom stereocenters. The van der Waals surface area contributed by atoms with Crippen LogP contribution in [0.2, 0.25) is 0 Å². The molecule has 0 N–H and O–H groups in total. The van der Waals surface area contributed by atoms with Crippen molar-refractivity contribution in [1.82, 2.24) is 4.90 Å². The average molecular weight is 193 g/mol. The lowest BCUT2D eigenvalue weighted by Gasteiger charge is -2.30. The van der Waals surface area contributed by atoms with Crippen molar-refractivity contribution in [3.63, 3.8) is 0 Å². The van der Waals surface area contributed by atoms with Gasteiger partial charge in [-0.3, -0.25) is 4.90 Å². The molecule has 0 saturated heterocycles. The van der Waals surface area contributed by atoms with Gasteiger partial charge in [0, 0.05) is 5.56 Å². The van der Waals surface area contributed by atoms with Gasteiger partial charge in [-0.1, -0.05) is 25.1 Å². The van der Waals surface area contributed by atoms with Crippen molar-refractivity contribution in [2.24, 2.45) is 0 Å². The molecule has 0 radical (unpaired) electrons. The summed E-state index contributed by atoms with van der Waals surface area (Å²) < 4.78 is 0. The second-order valence-corrected chi connectivity index (χ2v) is 3.49. The summed E-state index contributed by atoms with van der Waals surface area (Å²) in [5.41, 5.74) is 1.21. The number of likely N-dealkylation sites (N-methyl/N-ethyl adjacent to an activating group) is 1. The van der Waals surface area contributed by atoms with Gasteiger partial charge in [0.2, 0.25) is 0 Å². The second kappa shape index (κ2) is 3.98. The van der Waals surface area contributed by atoms with Crippen LogP contribution in [0.1, 0.15) is 18.5 Å². The Bertz CT molecular complexity index is 314. The predicted octanol–water partition coefficient (Wildman–Crippen LogP) is 2.00. The first kappa shape index (κ1) is 9.49. The Kier molecular flexibility index (Phi) is 2.70. The maximum Gasteiger partial charge on any atom is 0.170 e. The highest BCUT2D eigenvalue weighted by Crippen LogP contribution is 2.32. The van der Waals surface area contributed by atoms with Crippen LogP contribution >= 0.6 is 0 Å². The van der Waals surface area contributed by atoms with Gasteiger partial charge in [-0.25, -0.2) is 0 Å². The summed E-state index contributed by atoms with van der Waals surface area (Å²) in [4.78, 5) is 12.5. The molecule has 0 aliphatic carbocycles. The Hall–Kier alpha value is -1.06. The molecule has 1 unspecified atom stereocenters. The monoisotopic (exact) mass is 193 g/mol. The highest BCUT2D eigenvalue weighted by Gasteiger charge is 2.24. The SMILES string of the molecule is CCN(C)C1COOc2ccccc21. The Morgan fingerprint density at radius 1 is 1.43 bits per heavy atom. The van der Waals surface area contributed by atoms with Gasteiger partial charge < -0.3 is 4.89 Å². The minimum atomic E-state index is 0.310. The number of para-hydroxylation sites is 1. The first-order valence-corrected chi connectivity index (χ1v) is 4.91. The smallest absolute Gasteiger partial charge is 0.170 e. The first-order valence-electron chi connectivity index (χ1n) is 4.91. The van der Waals surface area contributed by atoms with E-state index in [2.05, 4.69) is 24.9 Å². The molecule has 0 saturated carbocycles. The van der Waals surface area contributed by atoms with Gasteiger partial charge in [0.05, 0.1) is 6.04 Å². The minimum Gasteiger partial charge on any atom is -0.337 e. The summed E-state index contributed by atoms with van der Waals surface area (Å²) in [5, 5.41) is 0. The van der Waals surface area contributed by atoms with E-state index in [9.17, 15) is 0 Å². The third-order valence-corrected chi connectivity index (χ3v) is 2.68. The van der Waals surface area contributed by atoms with Gasteiger partial charge in [-0.2, -0.15) is 4.89 Å². The fraction of sp³-hybridized carbons (Fsp3) is 0.455. The molecule has 0 fully saturated rings. The van der Waals surface area contributed by atoms with Gasteiger partial charge in [0.1, 0.15) is 6.61 Å². The topological polar surface area (TPSA) is 21.7 Å². The molecule has 1 aromatic carbocycles. The molecule has 0 aromatic heterocycles. The number of benzene rings is 1. The molecule has 0 spiro atoms. The van der Waals surface area contributed by atoms with Gasteiger partial charge in [-0.15, -0.1) is 0 Å². The number of hydrogen-bond donors (Lipinski definition) is 0. The summed E-state index contributed by atoms with van der Waals surface area (Å²) in [7, 11) is 2.09. The fourth-order valence-electron chi connectivity index (χ4n) is 1.67. The van der Waals surface area contributed by atoms with E-state index in [1.165, 1.54) is 5.56 Å². The lowest BCUT2D eigenvalue weighted by atomic mass is 10.0. The van der Waals surface area contributed by atoms with Gasteiger partial charge in [0.25, 0.3) is 0 Å². The standard InChI is InChI=1S/C11H15NO2/c1-3-12(2)10-8-13-14-11-7-5-4-6-9(10)11/h4-7,10H,3,8H2,1-2H3. The number of nitrogens with zero attached hydrogens (tertiary/aromatic N) is 1. The van der Waals surface area contributed by atoms with E-state index >= 15 is 0 Å². The Morgan fingerprint density at radius 3 is 3.00 bits per heavy atom. The molecule has 1 aliphatic rings. The molecule has 0 amide bonds. The van der Waals surface area contributed by atoms with Gasteiger partial charge in [-0.05, 0) is 19.7 Å². The maximum atomic E-state index is 5.12. The van der Waals surface area contributed by atoms with E-state index in [4.69, 9.17) is 9.78 Å². The molecule has 1 aliphatic heterocycles. The van der Waals surface area contributed by atoms with Crippen LogP contribution < -0.4 is 4.89 Å². The Morgan fingerprint density at radius 2 is 2.21 bits per heavy atom. The maximum absolute atomic E-state index is 5.12. The number of fused-ring (bicyclic) bond motifs is 1. The van der Waals surface area contributed by atoms with Crippen molar-refractivity contribution >= 4 is 0 Å². The van der Waals surface area contributed by atoms with Crippen LogP contribution in [-0.4, -0.2) is 25.1 Å². The zero-order chi connectivity index (χ0) is 9.97.